The topological polar surface area (TPSA) is 156 Å². The molecule has 0 bridgehead atoms. The first-order chi connectivity index (χ1) is 17.3. The van der Waals surface area contributed by atoms with E-state index in [9.17, 15) is 34.9 Å². The summed E-state index contributed by atoms with van der Waals surface area (Å²) in [6.07, 6.45) is 0. The van der Waals surface area contributed by atoms with Gasteiger partial charge in [-0.25, -0.2) is 0 Å². The minimum absolute atomic E-state index is 0.0244. The smallest absolute Gasteiger partial charge is 0.298 e. The summed E-state index contributed by atoms with van der Waals surface area (Å²) in [5.74, 6) is 0.400. The van der Waals surface area contributed by atoms with Crippen LogP contribution in [0.2, 0.25) is 0 Å². The summed E-state index contributed by atoms with van der Waals surface area (Å²) < 4.78 is 4.44. The van der Waals surface area contributed by atoms with Gasteiger partial charge in [-0.15, -0.1) is 0 Å². The molecule has 1 N–H and O–H groups in total. The van der Waals surface area contributed by atoms with Gasteiger partial charge < -0.3 is 19.6 Å². The van der Waals surface area contributed by atoms with Crippen molar-refractivity contribution >= 4 is 29.4 Å². The highest BCUT2D eigenvalue weighted by Crippen LogP contribution is 2.21. The Bertz CT molecular complexity index is 1210. The number of rotatable bonds is 6. The molecule has 1 aliphatic heterocycles. The molecule has 36 heavy (non-hydrogen) atoms. The highest BCUT2D eigenvalue weighted by atomic mass is 16.6. The lowest BCUT2D eigenvalue weighted by atomic mass is 10.1. The summed E-state index contributed by atoms with van der Waals surface area (Å²) in [4.78, 5) is 46.0. The van der Waals surface area contributed by atoms with Crippen LogP contribution < -0.4 is 9.64 Å². The van der Waals surface area contributed by atoms with E-state index >= 15 is 0 Å². The molecular weight excluding hydrogens is 472 g/mol. The quantitative estimate of drug-likeness (QED) is 0.308. The molecule has 0 saturated carbocycles. The van der Waals surface area contributed by atoms with Crippen LogP contribution in [0.25, 0.3) is 0 Å². The van der Waals surface area contributed by atoms with Crippen LogP contribution in [0, 0.1) is 20.2 Å². The van der Waals surface area contributed by atoms with Gasteiger partial charge in [0, 0.05) is 61.7 Å². The van der Waals surface area contributed by atoms with E-state index in [-0.39, 0.29) is 35.3 Å². The molecule has 3 aromatic carbocycles. The Morgan fingerprint density at radius 2 is 1.31 bits per heavy atom. The van der Waals surface area contributed by atoms with Gasteiger partial charge in [-0.05, 0) is 48.5 Å². The number of hydrogen-bond donors (Lipinski definition) is 1. The number of nitro groups is 2. The number of phenols is 1. The zero-order chi connectivity index (χ0) is 26.1. The van der Waals surface area contributed by atoms with Crippen LogP contribution in [0.3, 0.4) is 0 Å². The van der Waals surface area contributed by atoms with E-state index < -0.39 is 9.85 Å². The van der Waals surface area contributed by atoms with Crippen molar-refractivity contribution in [3.05, 3.63) is 98.6 Å². The highest BCUT2D eigenvalue weighted by molar-refractivity contribution is 5.94. The number of benzene rings is 3. The van der Waals surface area contributed by atoms with E-state index in [0.29, 0.717) is 31.7 Å². The lowest BCUT2D eigenvalue weighted by Crippen LogP contribution is -2.48. The molecule has 4 rings (SSSR count). The molecule has 0 radical (unpaired) electrons. The summed E-state index contributed by atoms with van der Waals surface area (Å²) >= 11 is 0. The first-order valence-corrected chi connectivity index (χ1v) is 10.7. The second-order valence-electron chi connectivity index (χ2n) is 7.56. The first kappa shape index (κ1) is 25.6. The van der Waals surface area contributed by atoms with Crippen LogP contribution in [0.15, 0.2) is 72.8 Å². The summed E-state index contributed by atoms with van der Waals surface area (Å²) in [5, 5.41) is 30.2. The van der Waals surface area contributed by atoms with Gasteiger partial charge in [0.1, 0.15) is 11.5 Å². The molecule has 1 aliphatic rings. The van der Waals surface area contributed by atoms with Crippen molar-refractivity contribution in [3.63, 3.8) is 0 Å². The summed E-state index contributed by atoms with van der Waals surface area (Å²) in [6.45, 7) is 2.82. The highest BCUT2D eigenvalue weighted by Gasteiger charge is 2.22. The number of nitrogens with zero attached hydrogens (tertiary/aromatic N) is 4. The van der Waals surface area contributed by atoms with Gasteiger partial charge >= 0.3 is 0 Å². The fourth-order valence-corrected chi connectivity index (χ4v) is 3.44. The molecule has 0 aromatic heterocycles. The maximum atomic E-state index is 12.5. The van der Waals surface area contributed by atoms with Crippen molar-refractivity contribution in [1.82, 2.24) is 4.90 Å². The van der Waals surface area contributed by atoms with Crippen molar-refractivity contribution in [2.45, 2.75) is 0 Å². The predicted molar refractivity (Wildman–Crippen MR) is 129 cm³/mol. The van der Waals surface area contributed by atoms with Gasteiger partial charge in [0.2, 0.25) is 0 Å². The number of hydrogen-bond acceptors (Lipinski definition) is 9. The Hall–Kier alpha value is -5.00. The van der Waals surface area contributed by atoms with Crippen LogP contribution in [-0.2, 0) is 4.79 Å². The third-order valence-electron chi connectivity index (χ3n) is 5.34. The minimum Gasteiger partial charge on any atom is -0.508 e. The van der Waals surface area contributed by atoms with Crippen LogP contribution >= 0.6 is 0 Å². The van der Waals surface area contributed by atoms with Crippen LogP contribution in [0.4, 0.5) is 17.1 Å². The number of non-ortho nitro benzene ring substituents is 2. The fraction of sp³-hybridized carbons (Fsp3) is 0.167. The average Bonchev–Trinajstić information content (AvgIpc) is 2.90. The molecule has 12 nitrogen and oxygen atoms in total. The van der Waals surface area contributed by atoms with Crippen LogP contribution in [0.1, 0.15) is 10.4 Å². The van der Waals surface area contributed by atoms with Crippen molar-refractivity contribution in [1.29, 1.82) is 0 Å². The molecule has 1 amide bonds. The van der Waals surface area contributed by atoms with Gasteiger partial charge in [0.05, 0.1) is 9.85 Å². The average molecular weight is 494 g/mol. The first-order valence-electron chi connectivity index (χ1n) is 10.7. The summed E-state index contributed by atoms with van der Waals surface area (Å²) in [7, 11) is 0. The maximum absolute atomic E-state index is 12.5. The van der Waals surface area contributed by atoms with Gasteiger partial charge in [-0.3, -0.25) is 29.8 Å². The number of anilines is 1. The number of phenolic OH excluding ortho intramolecular Hbond substituents is 1. The number of piperazine rings is 1. The van der Waals surface area contributed by atoms with Crippen molar-refractivity contribution in [3.8, 4) is 11.5 Å². The molecule has 0 spiro atoms. The Balaban J connectivity index is 0.000000253. The maximum Gasteiger partial charge on any atom is 0.298 e. The summed E-state index contributed by atoms with van der Waals surface area (Å²) in [5.41, 5.74) is 1.41. The Labute approximate surface area is 205 Å². The van der Waals surface area contributed by atoms with Crippen molar-refractivity contribution < 1.29 is 29.3 Å². The number of amides is 1. The third-order valence-corrected chi connectivity index (χ3v) is 5.34. The van der Waals surface area contributed by atoms with E-state index in [1.54, 1.807) is 17.0 Å². The van der Waals surface area contributed by atoms with E-state index in [2.05, 4.69) is 9.64 Å². The molecule has 1 saturated heterocycles. The Kier molecular flexibility index (Phi) is 8.49. The number of carbonyl (C=O) groups excluding carboxylic acids is 2. The van der Waals surface area contributed by atoms with E-state index in [1.165, 1.54) is 48.5 Å². The van der Waals surface area contributed by atoms with Crippen LogP contribution in [0.5, 0.6) is 11.5 Å². The van der Waals surface area contributed by atoms with Crippen LogP contribution in [-0.4, -0.2) is 58.4 Å². The summed E-state index contributed by atoms with van der Waals surface area (Å²) in [6, 6.07) is 17.9. The van der Waals surface area contributed by atoms with E-state index in [1.807, 2.05) is 12.1 Å². The molecule has 0 aliphatic carbocycles. The zero-order valence-corrected chi connectivity index (χ0v) is 18.9. The van der Waals surface area contributed by atoms with Gasteiger partial charge in [0.25, 0.3) is 23.8 Å². The predicted octanol–water partition coefficient (Wildman–Crippen LogP) is 3.39. The second-order valence-corrected chi connectivity index (χ2v) is 7.56. The molecule has 186 valence electrons. The van der Waals surface area contributed by atoms with Crippen molar-refractivity contribution in [2.75, 3.05) is 31.1 Å². The normalized spacial score (nSPS) is 12.7. The molecule has 0 unspecified atom stereocenters. The molecular formula is C24H22N4O8. The van der Waals surface area contributed by atoms with Crippen molar-refractivity contribution in [2.24, 2.45) is 0 Å². The SMILES string of the molecule is O=C(c1ccc([N+](=O)[O-])cc1)N1CCN(c2ccc(O)cc2)CC1.O=COc1ccc([N+](=O)[O-])cc1. The molecule has 3 aromatic rings. The number of carbonyl (C=O) groups is 2. The zero-order valence-electron chi connectivity index (χ0n) is 18.9. The standard InChI is InChI=1S/C17H17N3O4.C7H5NO4/c21-16-7-5-14(6-8-16)18-9-11-19(12-10-18)17(22)13-1-3-15(4-2-13)20(23)24;9-5-12-7-3-1-6(2-4-7)8(10)11/h1-8,21H,9-12H2;1-5H. The van der Waals surface area contributed by atoms with Gasteiger partial charge in [-0.2, -0.15) is 0 Å². The van der Waals surface area contributed by atoms with E-state index in [0.717, 1.165) is 5.69 Å². The Morgan fingerprint density at radius 1 is 0.806 bits per heavy atom. The second kappa shape index (κ2) is 11.9. The number of nitro benzene ring substituents is 2. The number of ether oxygens (including phenoxy) is 1. The van der Waals surface area contributed by atoms with Gasteiger partial charge in [-0.1, -0.05) is 0 Å². The third kappa shape index (κ3) is 6.76. The van der Waals surface area contributed by atoms with E-state index in [4.69, 9.17) is 0 Å². The molecule has 0 atom stereocenters. The lowest BCUT2D eigenvalue weighted by molar-refractivity contribution is -0.385. The largest absolute Gasteiger partial charge is 0.508 e. The fourth-order valence-electron chi connectivity index (χ4n) is 3.44. The molecule has 12 heteroatoms. The molecule has 1 fully saturated rings. The molecule has 1 heterocycles. The van der Waals surface area contributed by atoms with Gasteiger partial charge in [0.15, 0.2) is 0 Å². The number of aromatic hydroxyl groups is 1. The monoisotopic (exact) mass is 494 g/mol. The Morgan fingerprint density at radius 3 is 1.78 bits per heavy atom. The minimum atomic E-state index is -0.523. The lowest BCUT2D eigenvalue weighted by Gasteiger charge is -2.36.